The van der Waals surface area contributed by atoms with Crippen LogP contribution in [-0.4, -0.2) is 24.4 Å². The quantitative estimate of drug-likeness (QED) is 0.697. The maximum absolute atomic E-state index is 7.00. The fourth-order valence-corrected chi connectivity index (χ4v) is 0. The van der Waals surface area contributed by atoms with Crippen molar-refractivity contribution in [2.24, 2.45) is 0 Å². The Kier molecular flexibility index (Phi) is 106. The van der Waals surface area contributed by atoms with Crippen LogP contribution in [0, 0.1) is 0 Å². The molecule has 0 rings (SSSR count). The van der Waals surface area contributed by atoms with E-state index in [0.717, 1.165) is 14.2 Å². The van der Waals surface area contributed by atoms with Crippen LogP contribution in [0.4, 0.5) is 0 Å². The zero-order valence-electron chi connectivity index (χ0n) is 4.15. The average Bonchev–Trinajstić information content (AvgIpc) is 1.78. The minimum atomic E-state index is -0.145. The summed E-state index contributed by atoms with van der Waals surface area (Å²) in [6.07, 6.45) is 0. The summed E-state index contributed by atoms with van der Waals surface area (Å²) in [5.41, 5.74) is 0. The van der Waals surface area contributed by atoms with Crippen LogP contribution in [-0.2, 0) is 18.5 Å². The standard InChI is InChI=1S/2CH4O.2BrH.Zr/c2*1-2;;;/h2*2H,1H3;2*1H;/q;;;;+2/p-2. The molecule has 0 saturated carbocycles. The normalized spacial score (nSPS) is 3.71. The second-order valence-corrected chi connectivity index (χ2v) is 11.4. The van der Waals surface area contributed by atoms with Crippen LogP contribution in [0.15, 0.2) is 0 Å². The van der Waals surface area contributed by atoms with E-state index in [1.165, 1.54) is 0 Å². The summed E-state index contributed by atoms with van der Waals surface area (Å²) < 4.78 is 0. The van der Waals surface area contributed by atoms with Crippen LogP contribution in [0.5, 0.6) is 0 Å². The van der Waals surface area contributed by atoms with E-state index in [4.69, 9.17) is 10.2 Å². The molecule has 0 fully saturated rings. The van der Waals surface area contributed by atoms with Gasteiger partial charge in [0.1, 0.15) is 0 Å². The van der Waals surface area contributed by atoms with Gasteiger partial charge in [-0.25, -0.2) is 0 Å². The van der Waals surface area contributed by atoms with Crippen molar-refractivity contribution in [2.45, 2.75) is 0 Å². The first-order valence-electron chi connectivity index (χ1n) is 1.27. The Hall–Kier alpha value is 1.76. The molecule has 2 nitrogen and oxygen atoms in total. The molecule has 0 unspecified atom stereocenters. The number of rotatable bonds is 0. The second kappa shape index (κ2) is 46.5. The fraction of sp³-hybridized carbons (Fsp3) is 1.00. The molecule has 0 radical (unpaired) electrons. The summed E-state index contributed by atoms with van der Waals surface area (Å²) >= 11 is 6.32. The summed E-state index contributed by atoms with van der Waals surface area (Å²) in [7, 11) is 2.00. The van der Waals surface area contributed by atoms with Gasteiger partial charge in [0, 0.05) is 14.2 Å². The number of hydrogen-bond donors (Lipinski definition) is 2. The first-order chi connectivity index (χ1) is 3.41. The van der Waals surface area contributed by atoms with Gasteiger partial charge in [-0.05, 0) is 0 Å². The molecule has 0 heterocycles. The number of aliphatic hydroxyl groups excluding tert-OH is 2. The molecule has 0 aromatic heterocycles. The maximum atomic E-state index is 7.00. The Morgan fingerprint density at radius 2 is 1.00 bits per heavy atom. The Balaban J connectivity index is -0.0000000360. The molecule has 5 heteroatoms. The van der Waals surface area contributed by atoms with Crippen molar-refractivity contribution < 1.29 is 28.7 Å². The van der Waals surface area contributed by atoms with Crippen molar-refractivity contribution in [1.29, 1.82) is 0 Å². The van der Waals surface area contributed by atoms with E-state index in [1.807, 2.05) is 0 Å². The van der Waals surface area contributed by atoms with Gasteiger partial charge >= 0.3 is 43.0 Å². The molecule has 0 spiro atoms. The van der Waals surface area contributed by atoms with Crippen molar-refractivity contribution in [2.75, 3.05) is 14.2 Å². The Morgan fingerprint density at radius 3 is 1.00 bits per heavy atom. The van der Waals surface area contributed by atoms with E-state index in [2.05, 4.69) is 24.4 Å². The molecule has 0 bridgehead atoms. The molecule has 0 aliphatic heterocycles. The van der Waals surface area contributed by atoms with Crippen molar-refractivity contribution >= 4 is 24.4 Å². The molecule has 0 saturated heterocycles. The molecule has 46 valence electrons. The zero-order chi connectivity index (χ0) is 6.71. The predicted molar refractivity (Wildman–Crippen MR) is 34.1 cm³/mol. The number of hydrogen-bond acceptors (Lipinski definition) is 2. The average molecular weight is 315 g/mol. The molecule has 0 aromatic rings. The van der Waals surface area contributed by atoms with Crippen LogP contribution < -0.4 is 0 Å². The molecular weight excluding hydrogens is 307 g/mol. The van der Waals surface area contributed by atoms with E-state index in [-0.39, 0.29) is 18.5 Å². The molecule has 7 heavy (non-hydrogen) atoms. The van der Waals surface area contributed by atoms with Gasteiger partial charge in [-0.1, -0.05) is 0 Å². The second-order valence-electron chi connectivity index (χ2n) is 0.0714. The van der Waals surface area contributed by atoms with Gasteiger partial charge in [0.05, 0.1) is 0 Å². The number of aliphatic hydroxyl groups is 2. The monoisotopic (exact) mass is 312 g/mol. The Morgan fingerprint density at radius 1 is 1.00 bits per heavy atom. The van der Waals surface area contributed by atoms with Gasteiger partial charge in [-0.15, -0.1) is 0 Å². The molecule has 0 atom stereocenters. The van der Waals surface area contributed by atoms with Crippen LogP contribution in [0.2, 0.25) is 0 Å². The summed E-state index contributed by atoms with van der Waals surface area (Å²) in [6, 6.07) is 0. The van der Waals surface area contributed by atoms with Gasteiger partial charge in [0.2, 0.25) is 0 Å². The van der Waals surface area contributed by atoms with Crippen LogP contribution in [0.25, 0.3) is 0 Å². The summed E-state index contributed by atoms with van der Waals surface area (Å²) in [5.74, 6) is 0. The Labute approximate surface area is 66.8 Å². The van der Waals surface area contributed by atoms with Crippen LogP contribution >= 0.6 is 24.4 Å². The molecule has 0 aliphatic rings. The third-order valence-electron chi connectivity index (χ3n) is 0. The van der Waals surface area contributed by atoms with Crippen LogP contribution in [0.1, 0.15) is 0 Å². The predicted octanol–water partition coefficient (Wildman–Crippen LogP) is 0.906. The van der Waals surface area contributed by atoms with Gasteiger partial charge < -0.3 is 10.2 Å². The van der Waals surface area contributed by atoms with E-state index >= 15 is 0 Å². The molecule has 0 aromatic carbocycles. The van der Waals surface area contributed by atoms with Gasteiger partial charge in [0.25, 0.3) is 0 Å². The van der Waals surface area contributed by atoms with Crippen molar-refractivity contribution in [3.05, 3.63) is 0 Å². The number of halogens is 2. The van der Waals surface area contributed by atoms with Gasteiger partial charge in [-0.2, -0.15) is 0 Å². The van der Waals surface area contributed by atoms with Crippen molar-refractivity contribution in [1.82, 2.24) is 0 Å². The Bertz CT molecular complexity index is 13.7. The first kappa shape index (κ1) is 15.9. The summed E-state index contributed by atoms with van der Waals surface area (Å²) in [4.78, 5) is 0. The van der Waals surface area contributed by atoms with Crippen molar-refractivity contribution in [3.63, 3.8) is 0 Å². The van der Waals surface area contributed by atoms with E-state index < -0.39 is 0 Å². The minimum absolute atomic E-state index is 0.145. The van der Waals surface area contributed by atoms with Gasteiger partial charge in [0.15, 0.2) is 0 Å². The van der Waals surface area contributed by atoms with Crippen LogP contribution in [0.3, 0.4) is 0 Å². The third kappa shape index (κ3) is 82.9. The van der Waals surface area contributed by atoms with Crippen molar-refractivity contribution in [3.8, 4) is 0 Å². The van der Waals surface area contributed by atoms with E-state index in [1.54, 1.807) is 0 Å². The van der Waals surface area contributed by atoms with E-state index in [0.29, 0.717) is 0 Å². The molecule has 0 amide bonds. The summed E-state index contributed by atoms with van der Waals surface area (Å²) in [6.45, 7) is 0. The van der Waals surface area contributed by atoms with E-state index in [9.17, 15) is 0 Å². The first-order valence-corrected chi connectivity index (χ1v) is 12.5. The zero-order valence-corrected chi connectivity index (χ0v) is 9.78. The SMILES string of the molecule is CO.CO.[Br][Zr][Br]. The fourth-order valence-electron chi connectivity index (χ4n) is 0. The summed E-state index contributed by atoms with van der Waals surface area (Å²) in [5, 5.41) is 14.0. The molecule has 2 N–H and O–H groups in total. The molecular formula is C2H8Br2O2Zr. The topological polar surface area (TPSA) is 40.5 Å². The van der Waals surface area contributed by atoms with Gasteiger partial charge in [-0.3, -0.25) is 0 Å². The third-order valence-corrected chi connectivity index (χ3v) is 0. The molecule has 0 aliphatic carbocycles.